The predicted molar refractivity (Wildman–Crippen MR) is 112 cm³/mol. The van der Waals surface area contributed by atoms with Crippen LogP contribution in [0.2, 0.25) is 0 Å². The lowest BCUT2D eigenvalue weighted by atomic mass is 10.1. The van der Waals surface area contributed by atoms with Gasteiger partial charge in [-0.1, -0.05) is 36.4 Å². The Morgan fingerprint density at radius 2 is 1.43 bits per heavy atom. The van der Waals surface area contributed by atoms with Crippen LogP contribution in [0.25, 0.3) is 10.8 Å². The molecule has 3 rings (SSSR count). The van der Waals surface area contributed by atoms with Crippen molar-refractivity contribution >= 4 is 22.4 Å². The van der Waals surface area contributed by atoms with E-state index in [0.29, 0.717) is 42.6 Å². The fourth-order valence-electron chi connectivity index (χ4n) is 3.05. The van der Waals surface area contributed by atoms with Gasteiger partial charge in [-0.25, -0.2) is 0 Å². The highest BCUT2D eigenvalue weighted by Crippen LogP contribution is 2.39. The van der Waals surface area contributed by atoms with Crippen molar-refractivity contribution in [1.29, 1.82) is 0 Å². The van der Waals surface area contributed by atoms with Crippen molar-refractivity contribution in [1.82, 2.24) is 0 Å². The number of rotatable bonds is 8. The number of nitrogens with one attached hydrogen (secondary N) is 1. The van der Waals surface area contributed by atoms with Crippen molar-refractivity contribution in [3.8, 4) is 17.2 Å². The summed E-state index contributed by atoms with van der Waals surface area (Å²) in [4.78, 5) is 13.0. The van der Waals surface area contributed by atoms with E-state index in [0.717, 1.165) is 16.5 Å². The fourth-order valence-corrected chi connectivity index (χ4v) is 3.05. The number of benzene rings is 3. The number of anilines is 1. The highest BCUT2D eigenvalue weighted by Gasteiger charge is 2.19. The van der Waals surface area contributed by atoms with Crippen LogP contribution >= 0.6 is 0 Å². The molecule has 3 aromatic carbocycles. The minimum Gasteiger partial charge on any atom is -0.490 e. The van der Waals surface area contributed by atoms with E-state index in [2.05, 4.69) is 5.32 Å². The molecular weight excluding hydrogens is 354 g/mol. The largest absolute Gasteiger partial charge is 0.490 e. The van der Waals surface area contributed by atoms with E-state index in [4.69, 9.17) is 14.2 Å². The zero-order valence-electron chi connectivity index (χ0n) is 16.5. The lowest BCUT2D eigenvalue weighted by Gasteiger charge is -2.17. The van der Waals surface area contributed by atoms with Crippen LogP contribution in [0.5, 0.6) is 17.2 Å². The van der Waals surface area contributed by atoms with Crippen molar-refractivity contribution < 1.29 is 19.0 Å². The minimum atomic E-state index is -0.235. The van der Waals surface area contributed by atoms with Gasteiger partial charge in [0.05, 0.1) is 19.8 Å². The molecule has 0 aliphatic carbocycles. The molecule has 146 valence electrons. The number of carbonyl (C=O) groups is 1. The van der Waals surface area contributed by atoms with Gasteiger partial charge in [-0.3, -0.25) is 4.79 Å². The van der Waals surface area contributed by atoms with E-state index in [-0.39, 0.29) is 5.91 Å². The van der Waals surface area contributed by atoms with Gasteiger partial charge >= 0.3 is 0 Å². The van der Waals surface area contributed by atoms with Crippen LogP contribution in [0, 0.1) is 0 Å². The summed E-state index contributed by atoms with van der Waals surface area (Å²) in [5.41, 5.74) is 1.20. The molecule has 0 unspecified atom stereocenters. The van der Waals surface area contributed by atoms with Crippen molar-refractivity contribution in [3.63, 3.8) is 0 Å². The van der Waals surface area contributed by atoms with Gasteiger partial charge in [0, 0.05) is 16.6 Å². The van der Waals surface area contributed by atoms with Gasteiger partial charge in [-0.2, -0.15) is 0 Å². The number of hydrogen-bond donors (Lipinski definition) is 1. The molecule has 0 aliphatic rings. The molecule has 0 spiro atoms. The Bertz CT molecular complexity index is 935. The first-order chi connectivity index (χ1) is 13.7. The third-order valence-corrected chi connectivity index (χ3v) is 4.21. The van der Waals surface area contributed by atoms with Gasteiger partial charge in [0.2, 0.25) is 5.75 Å². The molecule has 1 N–H and O–H groups in total. The highest BCUT2D eigenvalue weighted by atomic mass is 16.5. The van der Waals surface area contributed by atoms with E-state index in [9.17, 15) is 4.79 Å². The number of ether oxygens (including phenoxy) is 3. The molecule has 0 atom stereocenters. The Morgan fingerprint density at radius 1 is 0.821 bits per heavy atom. The molecule has 0 aliphatic heterocycles. The van der Waals surface area contributed by atoms with Crippen LogP contribution in [-0.4, -0.2) is 25.7 Å². The summed E-state index contributed by atoms with van der Waals surface area (Å²) >= 11 is 0. The van der Waals surface area contributed by atoms with Crippen molar-refractivity contribution in [2.75, 3.05) is 25.1 Å². The SMILES string of the molecule is CCOc1cc(C(=O)Nc2cccc3ccccc23)cc(OCC)c1OCC. The Balaban J connectivity index is 1.98. The summed E-state index contributed by atoms with van der Waals surface area (Å²) in [5, 5.41) is 5.05. The van der Waals surface area contributed by atoms with Crippen LogP contribution in [0.15, 0.2) is 54.6 Å². The van der Waals surface area contributed by atoms with E-state index < -0.39 is 0 Å². The molecule has 0 saturated carbocycles. The first kappa shape index (κ1) is 19.5. The first-order valence-electron chi connectivity index (χ1n) is 9.53. The standard InChI is InChI=1S/C23H25NO4/c1-4-26-20-14-17(15-21(27-5-2)22(20)28-6-3)23(25)24-19-13-9-11-16-10-7-8-12-18(16)19/h7-15H,4-6H2,1-3H3,(H,24,25). The second kappa shape index (κ2) is 9.13. The minimum absolute atomic E-state index is 0.235. The molecule has 0 radical (unpaired) electrons. The van der Waals surface area contributed by atoms with Crippen molar-refractivity contribution in [2.24, 2.45) is 0 Å². The van der Waals surface area contributed by atoms with Crippen LogP contribution in [0.4, 0.5) is 5.69 Å². The molecule has 5 heteroatoms. The Labute approximate surface area is 165 Å². The maximum atomic E-state index is 13.0. The summed E-state index contributed by atoms with van der Waals surface area (Å²) in [7, 11) is 0. The second-order valence-corrected chi connectivity index (χ2v) is 6.08. The van der Waals surface area contributed by atoms with E-state index in [1.54, 1.807) is 12.1 Å². The Morgan fingerprint density at radius 3 is 2.07 bits per heavy atom. The molecule has 0 fully saturated rings. The van der Waals surface area contributed by atoms with Gasteiger partial charge in [-0.05, 0) is 44.4 Å². The van der Waals surface area contributed by atoms with Crippen LogP contribution in [-0.2, 0) is 0 Å². The van der Waals surface area contributed by atoms with Crippen molar-refractivity contribution in [3.05, 3.63) is 60.2 Å². The lowest BCUT2D eigenvalue weighted by Crippen LogP contribution is -2.13. The molecule has 0 heterocycles. The Hall–Kier alpha value is -3.21. The third kappa shape index (κ3) is 4.19. The third-order valence-electron chi connectivity index (χ3n) is 4.21. The first-order valence-corrected chi connectivity index (χ1v) is 9.53. The molecule has 28 heavy (non-hydrogen) atoms. The normalized spacial score (nSPS) is 10.5. The lowest BCUT2D eigenvalue weighted by molar-refractivity contribution is 0.102. The summed E-state index contributed by atoms with van der Waals surface area (Å²) in [6.07, 6.45) is 0. The topological polar surface area (TPSA) is 56.8 Å². The van der Waals surface area contributed by atoms with E-state index in [1.807, 2.05) is 63.2 Å². The quantitative estimate of drug-likeness (QED) is 0.578. The molecule has 0 bridgehead atoms. The predicted octanol–water partition coefficient (Wildman–Crippen LogP) is 5.29. The molecule has 1 amide bonds. The summed E-state index contributed by atoms with van der Waals surface area (Å²) < 4.78 is 17.1. The maximum absolute atomic E-state index is 13.0. The van der Waals surface area contributed by atoms with Gasteiger partial charge < -0.3 is 19.5 Å². The van der Waals surface area contributed by atoms with Gasteiger partial charge in [0.15, 0.2) is 11.5 Å². The maximum Gasteiger partial charge on any atom is 0.255 e. The molecule has 0 aromatic heterocycles. The highest BCUT2D eigenvalue weighted by molar-refractivity contribution is 6.09. The van der Waals surface area contributed by atoms with Gasteiger partial charge in [0.1, 0.15) is 0 Å². The van der Waals surface area contributed by atoms with Crippen LogP contribution in [0.1, 0.15) is 31.1 Å². The zero-order chi connectivity index (χ0) is 19.9. The van der Waals surface area contributed by atoms with Crippen LogP contribution in [0.3, 0.4) is 0 Å². The summed E-state index contributed by atoms with van der Waals surface area (Å²) in [6, 6.07) is 17.1. The number of carbonyl (C=O) groups excluding carboxylic acids is 1. The summed E-state index contributed by atoms with van der Waals surface area (Å²) in [6.45, 7) is 7.06. The Kier molecular flexibility index (Phi) is 6.37. The summed E-state index contributed by atoms with van der Waals surface area (Å²) in [5.74, 6) is 1.28. The molecule has 3 aromatic rings. The fraction of sp³-hybridized carbons (Fsp3) is 0.261. The van der Waals surface area contributed by atoms with E-state index in [1.165, 1.54) is 0 Å². The van der Waals surface area contributed by atoms with Crippen LogP contribution < -0.4 is 19.5 Å². The molecule has 0 saturated heterocycles. The van der Waals surface area contributed by atoms with Gasteiger partial charge in [0.25, 0.3) is 5.91 Å². The van der Waals surface area contributed by atoms with Gasteiger partial charge in [-0.15, -0.1) is 0 Å². The monoisotopic (exact) mass is 379 g/mol. The number of amides is 1. The number of fused-ring (bicyclic) bond motifs is 1. The molecule has 5 nitrogen and oxygen atoms in total. The second-order valence-electron chi connectivity index (χ2n) is 6.08. The van der Waals surface area contributed by atoms with Crippen molar-refractivity contribution in [2.45, 2.75) is 20.8 Å². The number of hydrogen-bond acceptors (Lipinski definition) is 4. The van der Waals surface area contributed by atoms with E-state index >= 15 is 0 Å². The average molecular weight is 379 g/mol. The average Bonchev–Trinajstić information content (AvgIpc) is 2.71. The molecular formula is C23H25NO4. The zero-order valence-corrected chi connectivity index (χ0v) is 16.5. The smallest absolute Gasteiger partial charge is 0.255 e.